The maximum Gasteiger partial charge on any atom is 0.266 e. The predicted molar refractivity (Wildman–Crippen MR) is 95.7 cm³/mol. The first kappa shape index (κ1) is 16.3. The lowest BCUT2D eigenvalue weighted by Gasteiger charge is -2.30. The van der Waals surface area contributed by atoms with Crippen LogP contribution in [-0.2, 0) is 0 Å². The van der Waals surface area contributed by atoms with E-state index in [9.17, 15) is 14.4 Å². The molecule has 0 aliphatic carbocycles. The molecule has 2 aromatic carbocycles. The van der Waals surface area contributed by atoms with Crippen molar-refractivity contribution in [1.82, 2.24) is 4.90 Å². The molecule has 6 heteroatoms. The number of carbonyl (C=O) groups excluding carboxylic acids is 3. The Balaban J connectivity index is 1.64. The number of anilines is 1. The highest BCUT2D eigenvalue weighted by Crippen LogP contribution is 2.30. The number of imide groups is 1. The van der Waals surface area contributed by atoms with E-state index in [4.69, 9.17) is 4.74 Å². The van der Waals surface area contributed by atoms with E-state index in [0.717, 1.165) is 24.4 Å². The van der Waals surface area contributed by atoms with E-state index in [1.165, 1.54) is 6.07 Å². The van der Waals surface area contributed by atoms with Gasteiger partial charge in [-0.1, -0.05) is 0 Å². The minimum atomic E-state index is -0.410. The van der Waals surface area contributed by atoms with Gasteiger partial charge in [0.05, 0.1) is 23.4 Å². The third-order valence-corrected chi connectivity index (χ3v) is 4.68. The number of likely N-dealkylation sites (tertiary alicyclic amines) is 1. The maximum absolute atomic E-state index is 12.8. The lowest BCUT2D eigenvalue weighted by atomic mass is 10.0. The molecule has 2 aliphatic rings. The van der Waals surface area contributed by atoms with Crippen LogP contribution in [0, 0.1) is 0 Å². The van der Waals surface area contributed by atoms with Crippen molar-refractivity contribution in [3.8, 4) is 5.75 Å². The van der Waals surface area contributed by atoms with Crippen molar-refractivity contribution in [2.45, 2.75) is 13.3 Å². The van der Waals surface area contributed by atoms with E-state index < -0.39 is 5.91 Å². The molecule has 0 saturated carbocycles. The molecule has 0 unspecified atom stereocenters. The van der Waals surface area contributed by atoms with Crippen LogP contribution >= 0.6 is 0 Å². The van der Waals surface area contributed by atoms with Crippen LogP contribution in [0.25, 0.3) is 0 Å². The molecule has 0 bridgehead atoms. The van der Waals surface area contributed by atoms with Gasteiger partial charge in [-0.05, 0) is 55.8 Å². The Kier molecular flexibility index (Phi) is 3.95. The topological polar surface area (TPSA) is 66.9 Å². The molecule has 2 aliphatic heterocycles. The Morgan fingerprint density at radius 3 is 2.31 bits per heavy atom. The first-order valence-electron chi connectivity index (χ1n) is 8.65. The summed E-state index contributed by atoms with van der Waals surface area (Å²) in [6.45, 7) is 3.90. The number of hydrogen-bond acceptors (Lipinski definition) is 4. The monoisotopic (exact) mass is 350 g/mol. The summed E-state index contributed by atoms with van der Waals surface area (Å²) in [6, 6.07) is 11.5. The zero-order chi connectivity index (χ0) is 18.3. The number of carbonyl (C=O) groups is 3. The van der Waals surface area contributed by atoms with Gasteiger partial charge in [-0.15, -0.1) is 0 Å². The summed E-state index contributed by atoms with van der Waals surface area (Å²) < 4.78 is 5.39. The van der Waals surface area contributed by atoms with Crippen LogP contribution in [0.3, 0.4) is 0 Å². The molecule has 6 nitrogen and oxygen atoms in total. The van der Waals surface area contributed by atoms with Crippen LogP contribution in [0.1, 0.15) is 44.4 Å². The maximum atomic E-state index is 12.8. The molecular formula is C20H18N2O4. The van der Waals surface area contributed by atoms with Gasteiger partial charge in [0.1, 0.15) is 5.75 Å². The number of hydrogen-bond donors (Lipinski definition) is 0. The van der Waals surface area contributed by atoms with Crippen LogP contribution in [0.5, 0.6) is 5.75 Å². The van der Waals surface area contributed by atoms with E-state index in [2.05, 4.69) is 0 Å². The fraction of sp³-hybridized carbons (Fsp3) is 0.250. The third kappa shape index (κ3) is 2.54. The second-order valence-electron chi connectivity index (χ2n) is 6.28. The Bertz CT molecular complexity index is 901. The molecule has 26 heavy (non-hydrogen) atoms. The summed E-state index contributed by atoms with van der Waals surface area (Å²) in [5.41, 5.74) is 1.52. The summed E-state index contributed by atoms with van der Waals surface area (Å²) in [7, 11) is 0. The number of ether oxygens (including phenoxy) is 1. The zero-order valence-corrected chi connectivity index (χ0v) is 14.4. The van der Waals surface area contributed by atoms with Gasteiger partial charge in [-0.25, -0.2) is 4.90 Å². The molecule has 1 fully saturated rings. The average molecular weight is 350 g/mol. The van der Waals surface area contributed by atoms with Gasteiger partial charge >= 0.3 is 0 Å². The SMILES string of the molecule is CCOc1ccc(N2C(=O)c3ccc(C(=O)N4CCC4)cc3C2=O)cc1. The molecular weight excluding hydrogens is 332 g/mol. The van der Waals surface area contributed by atoms with Crippen LogP contribution < -0.4 is 9.64 Å². The van der Waals surface area contributed by atoms with E-state index in [1.807, 2.05) is 6.92 Å². The fourth-order valence-electron chi connectivity index (χ4n) is 3.17. The lowest BCUT2D eigenvalue weighted by molar-refractivity contribution is 0.0651. The molecule has 132 valence electrons. The summed E-state index contributed by atoms with van der Waals surface area (Å²) >= 11 is 0. The normalized spacial score (nSPS) is 15.7. The quantitative estimate of drug-likeness (QED) is 0.795. The second kappa shape index (κ2) is 6.29. The summed E-state index contributed by atoms with van der Waals surface area (Å²) in [6.07, 6.45) is 1.000. The van der Waals surface area contributed by atoms with Crippen molar-refractivity contribution >= 4 is 23.4 Å². The van der Waals surface area contributed by atoms with Gasteiger partial charge in [0.15, 0.2) is 0 Å². The van der Waals surface area contributed by atoms with E-state index >= 15 is 0 Å². The standard InChI is InChI=1S/C20H18N2O4/c1-2-26-15-7-5-14(6-8-15)22-19(24)16-9-4-13(12-17(16)20(22)25)18(23)21-10-3-11-21/h4-9,12H,2-3,10-11H2,1H3. The van der Waals surface area contributed by atoms with Crippen LogP contribution in [0.15, 0.2) is 42.5 Å². The summed E-state index contributed by atoms with van der Waals surface area (Å²) in [4.78, 5) is 40.7. The van der Waals surface area contributed by atoms with Crippen molar-refractivity contribution in [2.24, 2.45) is 0 Å². The molecule has 2 heterocycles. The lowest BCUT2D eigenvalue weighted by Crippen LogP contribution is -2.42. The zero-order valence-electron chi connectivity index (χ0n) is 14.4. The van der Waals surface area contributed by atoms with Crippen LogP contribution in [0.4, 0.5) is 5.69 Å². The van der Waals surface area contributed by atoms with E-state index in [0.29, 0.717) is 29.2 Å². The van der Waals surface area contributed by atoms with Gasteiger partial charge < -0.3 is 9.64 Å². The molecule has 1 saturated heterocycles. The fourth-order valence-corrected chi connectivity index (χ4v) is 3.17. The highest BCUT2D eigenvalue weighted by molar-refractivity contribution is 6.34. The summed E-state index contributed by atoms with van der Waals surface area (Å²) in [5, 5.41) is 0. The Hall–Kier alpha value is -3.15. The average Bonchev–Trinajstić information content (AvgIpc) is 2.85. The van der Waals surface area contributed by atoms with Crippen LogP contribution in [0.2, 0.25) is 0 Å². The number of benzene rings is 2. The van der Waals surface area contributed by atoms with Crippen molar-refractivity contribution in [2.75, 3.05) is 24.6 Å². The largest absolute Gasteiger partial charge is 0.494 e. The van der Waals surface area contributed by atoms with Crippen molar-refractivity contribution < 1.29 is 19.1 Å². The first-order valence-corrected chi connectivity index (χ1v) is 8.65. The Labute approximate surface area is 151 Å². The Morgan fingerprint density at radius 1 is 1.00 bits per heavy atom. The number of amides is 3. The van der Waals surface area contributed by atoms with Crippen LogP contribution in [-0.4, -0.2) is 42.3 Å². The summed E-state index contributed by atoms with van der Waals surface area (Å²) in [5.74, 6) is -0.210. The second-order valence-corrected chi connectivity index (χ2v) is 6.28. The molecule has 0 atom stereocenters. The minimum absolute atomic E-state index is 0.0983. The van der Waals surface area contributed by atoms with Crippen molar-refractivity contribution in [3.05, 3.63) is 59.2 Å². The highest BCUT2D eigenvalue weighted by Gasteiger charge is 2.37. The molecule has 0 aromatic heterocycles. The van der Waals surface area contributed by atoms with Gasteiger partial charge in [0, 0.05) is 18.7 Å². The van der Waals surface area contributed by atoms with E-state index in [1.54, 1.807) is 41.3 Å². The minimum Gasteiger partial charge on any atom is -0.494 e. The molecule has 0 spiro atoms. The van der Waals surface area contributed by atoms with E-state index in [-0.39, 0.29) is 17.4 Å². The molecule has 0 radical (unpaired) electrons. The van der Waals surface area contributed by atoms with Gasteiger partial charge in [-0.2, -0.15) is 0 Å². The third-order valence-electron chi connectivity index (χ3n) is 4.68. The molecule has 2 aromatic rings. The number of nitrogens with zero attached hydrogens (tertiary/aromatic N) is 2. The van der Waals surface area contributed by atoms with Crippen molar-refractivity contribution in [3.63, 3.8) is 0 Å². The van der Waals surface area contributed by atoms with Crippen molar-refractivity contribution in [1.29, 1.82) is 0 Å². The molecule has 3 amide bonds. The van der Waals surface area contributed by atoms with Gasteiger partial charge in [-0.3, -0.25) is 14.4 Å². The first-order chi connectivity index (χ1) is 12.6. The number of rotatable bonds is 4. The smallest absolute Gasteiger partial charge is 0.266 e. The molecule has 4 rings (SSSR count). The highest BCUT2D eigenvalue weighted by atomic mass is 16.5. The Morgan fingerprint density at radius 2 is 1.69 bits per heavy atom. The number of fused-ring (bicyclic) bond motifs is 1. The van der Waals surface area contributed by atoms with Gasteiger partial charge in [0.25, 0.3) is 17.7 Å². The predicted octanol–water partition coefficient (Wildman–Crippen LogP) is 2.73. The van der Waals surface area contributed by atoms with Gasteiger partial charge in [0.2, 0.25) is 0 Å². The molecule has 0 N–H and O–H groups in total.